The Kier molecular flexibility index (Phi) is 5.84. The van der Waals surface area contributed by atoms with Crippen molar-refractivity contribution in [2.24, 2.45) is 0 Å². The fourth-order valence-electron chi connectivity index (χ4n) is 4.09. The van der Waals surface area contributed by atoms with Gasteiger partial charge in [0.2, 0.25) is 23.3 Å². The molecule has 4 aromatic rings. The van der Waals surface area contributed by atoms with Crippen LogP contribution in [0.2, 0.25) is 0 Å². The van der Waals surface area contributed by atoms with Crippen LogP contribution in [0.4, 0.5) is 0 Å². The molecular formula is C24H24N6O3. The summed E-state index contributed by atoms with van der Waals surface area (Å²) in [5, 5.41) is 12.4. The van der Waals surface area contributed by atoms with Crippen molar-refractivity contribution in [1.29, 1.82) is 0 Å². The third-order valence-electron chi connectivity index (χ3n) is 5.87. The number of piperidine rings is 1. The van der Waals surface area contributed by atoms with Crippen molar-refractivity contribution in [2.75, 3.05) is 20.2 Å². The normalized spacial score (nSPS) is 14.4. The monoisotopic (exact) mass is 444 g/mol. The standard InChI is InChI=1S/C24H24N6O3/c1-32-24-20(26-28-30(24)16-17-8-4-2-5-9-17)23(31)29-14-12-19(13-15-29)22-25-21(27-33-22)18-10-6-3-7-11-18/h2-11,19H,12-16H2,1H3. The van der Waals surface area contributed by atoms with E-state index in [9.17, 15) is 4.79 Å². The second kappa shape index (κ2) is 9.23. The smallest absolute Gasteiger partial charge is 0.280 e. The Hall–Kier alpha value is -4.01. The molecule has 1 aliphatic heterocycles. The van der Waals surface area contributed by atoms with Gasteiger partial charge in [-0.25, -0.2) is 4.68 Å². The first kappa shape index (κ1) is 20.9. The van der Waals surface area contributed by atoms with E-state index in [1.807, 2.05) is 60.7 Å². The molecule has 3 heterocycles. The highest BCUT2D eigenvalue weighted by Gasteiger charge is 2.31. The van der Waals surface area contributed by atoms with Gasteiger partial charge in [0.1, 0.15) is 0 Å². The number of nitrogens with zero attached hydrogens (tertiary/aromatic N) is 6. The molecule has 2 aromatic carbocycles. The number of amides is 1. The molecule has 9 heteroatoms. The van der Waals surface area contributed by atoms with Gasteiger partial charge in [-0.2, -0.15) is 4.98 Å². The summed E-state index contributed by atoms with van der Waals surface area (Å²) in [5.41, 5.74) is 2.21. The Labute approximate surface area is 191 Å². The SMILES string of the molecule is COc1c(C(=O)N2CCC(c3nc(-c4ccccc4)no3)CC2)nnn1Cc1ccccc1. The first-order valence-corrected chi connectivity index (χ1v) is 10.9. The maximum absolute atomic E-state index is 13.2. The van der Waals surface area contributed by atoms with Gasteiger partial charge in [0, 0.05) is 24.6 Å². The number of methoxy groups -OCH3 is 1. The number of aromatic nitrogens is 5. The van der Waals surface area contributed by atoms with Gasteiger partial charge in [-0.3, -0.25) is 4.79 Å². The average molecular weight is 444 g/mol. The third kappa shape index (κ3) is 4.34. The van der Waals surface area contributed by atoms with Gasteiger partial charge in [0.05, 0.1) is 13.7 Å². The van der Waals surface area contributed by atoms with Crippen LogP contribution < -0.4 is 4.74 Å². The molecule has 0 atom stereocenters. The molecule has 0 bridgehead atoms. The number of carbonyl (C=O) groups excluding carboxylic acids is 1. The number of hydrogen-bond acceptors (Lipinski definition) is 7. The molecule has 5 rings (SSSR count). The number of rotatable bonds is 6. The molecule has 0 saturated carbocycles. The number of hydrogen-bond donors (Lipinski definition) is 0. The largest absolute Gasteiger partial charge is 0.479 e. The summed E-state index contributed by atoms with van der Waals surface area (Å²) in [6.45, 7) is 1.62. The Bertz CT molecular complexity index is 1210. The summed E-state index contributed by atoms with van der Waals surface area (Å²) in [7, 11) is 1.53. The predicted octanol–water partition coefficient (Wildman–Crippen LogP) is 3.40. The minimum Gasteiger partial charge on any atom is -0.479 e. The van der Waals surface area contributed by atoms with E-state index in [0.717, 1.165) is 24.0 Å². The highest BCUT2D eigenvalue weighted by Crippen LogP contribution is 2.30. The number of likely N-dealkylation sites (tertiary alicyclic amines) is 1. The molecule has 9 nitrogen and oxygen atoms in total. The minimum absolute atomic E-state index is 0.120. The molecule has 33 heavy (non-hydrogen) atoms. The van der Waals surface area contributed by atoms with Crippen LogP contribution in [0, 0.1) is 0 Å². The molecule has 0 unspecified atom stereocenters. The average Bonchev–Trinajstić information content (AvgIpc) is 3.52. The lowest BCUT2D eigenvalue weighted by atomic mass is 9.96. The van der Waals surface area contributed by atoms with Crippen molar-refractivity contribution < 1.29 is 14.1 Å². The van der Waals surface area contributed by atoms with Gasteiger partial charge in [0.15, 0.2) is 0 Å². The quantitative estimate of drug-likeness (QED) is 0.449. The second-order valence-electron chi connectivity index (χ2n) is 7.98. The number of benzene rings is 2. The highest BCUT2D eigenvalue weighted by atomic mass is 16.5. The van der Waals surface area contributed by atoms with E-state index in [4.69, 9.17) is 9.26 Å². The maximum atomic E-state index is 13.2. The van der Waals surface area contributed by atoms with E-state index in [1.54, 1.807) is 9.58 Å². The lowest BCUT2D eigenvalue weighted by Crippen LogP contribution is -2.38. The molecule has 0 aliphatic carbocycles. The van der Waals surface area contributed by atoms with Crippen LogP contribution in [-0.4, -0.2) is 56.1 Å². The van der Waals surface area contributed by atoms with Gasteiger partial charge in [-0.05, 0) is 18.4 Å². The van der Waals surface area contributed by atoms with E-state index in [-0.39, 0.29) is 17.5 Å². The Morgan fingerprint density at radius 2 is 1.76 bits per heavy atom. The van der Waals surface area contributed by atoms with Crippen molar-refractivity contribution in [2.45, 2.75) is 25.3 Å². The zero-order valence-corrected chi connectivity index (χ0v) is 18.3. The van der Waals surface area contributed by atoms with Gasteiger partial charge in [-0.1, -0.05) is 71.0 Å². The van der Waals surface area contributed by atoms with Crippen LogP contribution >= 0.6 is 0 Å². The van der Waals surface area contributed by atoms with E-state index < -0.39 is 0 Å². The highest BCUT2D eigenvalue weighted by molar-refractivity contribution is 5.94. The third-order valence-corrected chi connectivity index (χ3v) is 5.87. The molecule has 1 saturated heterocycles. The van der Waals surface area contributed by atoms with E-state index in [2.05, 4.69) is 20.5 Å². The Morgan fingerprint density at radius 1 is 1.06 bits per heavy atom. The Balaban J connectivity index is 1.24. The van der Waals surface area contributed by atoms with E-state index >= 15 is 0 Å². The summed E-state index contributed by atoms with van der Waals surface area (Å²) in [4.78, 5) is 19.5. The van der Waals surface area contributed by atoms with Gasteiger partial charge >= 0.3 is 0 Å². The van der Waals surface area contributed by atoms with Crippen molar-refractivity contribution >= 4 is 5.91 Å². The van der Waals surface area contributed by atoms with Gasteiger partial charge in [-0.15, -0.1) is 5.10 Å². The van der Waals surface area contributed by atoms with Gasteiger partial charge in [0.25, 0.3) is 5.91 Å². The molecule has 0 N–H and O–H groups in total. The molecular weight excluding hydrogens is 420 g/mol. The lowest BCUT2D eigenvalue weighted by Gasteiger charge is -2.29. The summed E-state index contributed by atoms with van der Waals surface area (Å²) < 4.78 is 12.6. The van der Waals surface area contributed by atoms with Crippen LogP contribution in [-0.2, 0) is 6.54 Å². The van der Waals surface area contributed by atoms with Crippen molar-refractivity contribution in [1.82, 2.24) is 30.0 Å². The number of ether oxygens (including phenoxy) is 1. The van der Waals surface area contributed by atoms with E-state index in [0.29, 0.717) is 37.2 Å². The molecule has 0 spiro atoms. The first-order valence-electron chi connectivity index (χ1n) is 10.9. The Morgan fingerprint density at radius 3 is 2.45 bits per heavy atom. The second-order valence-corrected chi connectivity index (χ2v) is 7.98. The molecule has 1 aliphatic rings. The van der Waals surface area contributed by atoms with Crippen LogP contribution in [0.25, 0.3) is 11.4 Å². The minimum atomic E-state index is -0.180. The molecule has 0 radical (unpaired) electrons. The zero-order valence-electron chi connectivity index (χ0n) is 18.3. The number of carbonyl (C=O) groups is 1. The summed E-state index contributed by atoms with van der Waals surface area (Å²) in [6.07, 6.45) is 1.48. The fraction of sp³-hybridized carbons (Fsp3) is 0.292. The summed E-state index contributed by atoms with van der Waals surface area (Å²) >= 11 is 0. The van der Waals surface area contributed by atoms with Crippen LogP contribution in [0.15, 0.2) is 65.2 Å². The fourth-order valence-corrected chi connectivity index (χ4v) is 4.09. The maximum Gasteiger partial charge on any atom is 0.280 e. The van der Waals surface area contributed by atoms with E-state index in [1.165, 1.54) is 7.11 Å². The lowest BCUT2D eigenvalue weighted by molar-refractivity contribution is 0.0694. The summed E-state index contributed by atoms with van der Waals surface area (Å²) in [5.74, 6) is 1.52. The van der Waals surface area contributed by atoms with Crippen molar-refractivity contribution in [3.63, 3.8) is 0 Å². The molecule has 1 fully saturated rings. The van der Waals surface area contributed by atoms with Crippen molar-refractivity contribution in [3.05, 3.63) is 77.8 Å². The van der Waals surface area contributed by atoms with Crippen molar-refractivity contribution in [3.8, 4) is 17.3 Å². The molecule has 168 valence electrons. The molecule has 1 amide bonds. The van der Waals surface area contributed by atoms with Crippen LogP contribution in [0.5, 0.6) is 5.88 Å². The first-order chi connectivity index (χ1) is 16.2. The summed E-state index contributed by atoms with van der Waals surface area (Å²) in [6, 6.07) is 19.6. The van der Waals surface area contributed by atoms with Gasteiger partial charge < -0.3 is 14.2 Å². The molecule has 2 aromatic heterocycles. The predicted molar refractivity (Wildman–Crippen MR) is 120 cm³/mol. The topological polar surface area (TPSA) is 99.2 Å². The zero-order chi connectivity index (χ0) is 22.6. The van der Waals surface area contributed by atoms with Crippen LogP contribution in [0.1, 0.15) is 40.7 Å². The van der Waals surface area contributed by atoms with Crippen LogP contribution in [0.3, 0.4) is 0 Å².